The van der Waals surface area contributed by atoms with Crippen molar-refractivity contribution in [2.45, 2.75) is 13.8 Å². The largest absolute Gasteiger partial charge is 0.462 e. The Morgan fingerprint density at radius 3 is 2.73 bits per heavy atom. The number of rotatable bonds is 3. The number of nitro benzene ring substituents is 1. The summed E-state index contributed by atoms with van der Waals surface area (Å²) in [7, 11) is 0. The molecule has 0 amide bonds. The van der Waals surface area contributed by atoms with Crippen LogP contribution in [0.1, 0.15) is 22.8 Å². The van der Waals surface area contributed by atoms with Crippen molar-refractivity contribution in [2.75, 3.05) is 6.61 Å². The van der Waals surface area contributed by atoms with Crippen LogP contribution >= 0.6 is 0 Å². The molecule has 1 aromatic rings. The molecule has 0 radical (unpaired) electrons. The summed E-state index contributed by atoms with van der Waals surface area (Å²) < 4.78 is 4.76. The molecular weight excluding hydrogens is 198 g/mol. The summed E-state index contributed by atoms with van der Waals surface area (Å²) in [6, 6.07) is 4.47. The fourth-order valence-corrected chi connectivity index (χ4v) is 1.27. The maximum absolute atomic E-state index is 11.5. The van der Waals surface area contributed by atoms with Crippen molar-refractivity contribution in [2.24, 2.45) is 0 Å². The first-order valence-electron chi connectivity index (χ1n) is 4.49. The predicted molar refractivity (Wildman–Crippen MR) is 53.8 cm³/mol. The molecule has 0 unspecified atom stereocenters. The molecule has 0 fully saturated rings. The number of ether oxygens (including phenoxy) is 1. The van der Waals surface area contributed by atoms with Crippen molar-refractivity contribution in [3.05, 3.63) is 39.4 Å². The Morgan fingerprint density at radius 1 is 1.53 bits per heavy atom. The van der Waals surface area contributed by atoms with Gasteiger partial charge in [0.15, 0.2) is 0 Å². The van der Waals surface area contributed by atoms with Gasteiger partial charge >= 0.3 is 5.97 Å². The van der Waals surface area contributed by atoms with E-state index in [1.165, 1.54) is 12.1 Å². The van der Waals surface area contributed by atoms with E-state index in [0.717, 1.165) is 0 Å². The van der Waals surface area contributed by atoms with Crippen LogP contribution in [0.5, 0.6) is 0 Å². The zero-order chi connectivity index (χ0) is 11.4. The predicted octanol–water partition coefficient (Wildman–Crippen LogP) is 2.08. The Kier molecular flexibility index (Phi) is 3.38. The van der Waals surface area contributed by atoms with Crippen LogP contribution in [0.15, 0.2) is 18.2 Å². The molecule has 0 aliphatic heterocycles. The highest BCUT2D eigenvalue weighted by molar-refractivity contribution is 5.95. The highest BCUT2D eigenvalue weighted by atomic mass is 16.6. The van der Waals surface area contributed by atoms with Crippen LogP contribution in [-0.2, 0) is 4.74 Å². The van der Waals surface area contributed by atoms with Crippen molar-refractivity contribution >= 4 is 11.7 Å². The van der Waals surface area contributed by atoms with Gasteiger partial charge in [-0.3, -0.25) is 10.1 Å². The van der Waals surface area contributed by atoms with Gasteiger partial charge in [-0.2, -0.15) is 0 Å². The number of hydrogen-bond acceptors (Lipinski definition) is 4. The molecule has 0 atom stereocenters. The van der Waals surface area contributed by atoms with Gasteiger partial charge in [-0.1, -0.05) is 12.1 Å². The third kappa shape index (κ3) is 2.31. The molecule has 0 N–H and O–H groups in total. The van der Waals surface area contributed by atoms with Gasteiger partial charge in [0.1, 0.15) is 5.56 Å². The van der Waals surface area contributed by atoms with E-state index in [1.54, 1.807) is 19.9 Å². The average molecular weight is 209 g/mol. The lowest BCUT2D eigenvalue weighted by molar-refractivity contribution is -0.385. The molecule has 1 aromatic carbocycles. The first-order valence-corrected chi connectivity index (χ1v) is 4.49. The summed E-state index contributed by atoms with van der Waals surface area (Å²) in [6.45, 7) is 3.49. The first kappa shape index (κ1) is 11.2. The Hall–Kier alpha value is -1.91. The lowest BCUT2D eigenvalue weighted by Gasteiger charge is -2.05. The quantitative estimate of drug-likeness (QED) is 0.434. The van der Waals surface area contributed by atoms with Crippen LogP contribution in [-0.4, -0.2) is 17.5 Å². The summed E-state index contributed by atoms with van der Waals surface area (Å²) >= 11 is 0. The topological polar surface area (TPSA) is 69.4 Å². The SMILES string of the molecule is CCOC(=O)c1c(C)cccc1[N+](=O)[O-]. The average Bonchev–Trinajstić information content (AvgIpc) is 2.17. The number of aryl methyl sites for hydroxylation is 1. The van der Waals surface area contributed by atoms with E-state index in [1.807, 2.05) is 0 Å². The zero-order valence-corrected chi connectivity index (χ0v) is 8.52. The lowest BCUT2D eigenvalue weighted by atomic mass is 10.1. The van der Waals surface area contributed by atoms with Gasteiger partial charge in [0.25, 0.3) is 5.69 Å². The molecule has 0 heterocycles. The summed E-state index contributed by atoms with van der Waals surface area (Å²) in [5.74, 6) is -0.651. The van der Waals surface area contributed by atoms with Crippen molar-refractivity contribution in [1.82, 2.24) is 0 Å². The van der Waals surface area contributed by atoms with Gasteiger partial charge in [0, 0.05) is 6.07 Å². The number of carbonyl (C=O) groups excluding carboxylic acids is 1. The third-order valence-corrected chi connectivity index (χ3v) is 1.93. The Bertz CT molecular complexity index is 400. The fourth-order valence-electron chi connectivity index (χ4n) is 1.27. The second-order valence-electron chi connectivity index (χ2n) is 2.95. The highest BCUT2D eigenvalue weighted by Gasteiger charge is 2.22. The first-order chi connectivity index (χ1) is 7.07. The van der Waals surface area contributed by atoms with Crippen molar-refractivity contribution in [3.63, 3.8) is 0 Å². The molecule has 0 aromatic heterocycles. The van der Waals surface area contributed by atoms with E-state index in [2.05, 4.69) is 0 Å². The molecule has 5 nitrogen and oxygen atoms in total. The minimum absolute atomic E-state index is 0.0318. The lowest BCUT2D eigenvalue weighted by Crippen LogP contribution is -2.09. The molecule has 0 saturated heterocycles. The fraction of sp³-hybridized carbons (Fsp3) is 0.300. The van der Waals surface area contributed by atoms with E-state index in [9.17, 15) is 14.9 Å². The van der Waals surface area contributed by atoms with Gasteiger partial charge in [-0.25, -0.2) is 4.79 Å². The molecule has 0 aliphatic rings. The summed E-state index contributed by atoms with van der Waals surface area (Å²) in [4.78, 5) is 21.6. The van der Waals surface area contributed by atoms with E-state index >= 15 is 0 Å². The number of hydrogen-bond donors (Lipinski definition) is 0. The number of benzene rings is 1. The normalized spacial score (nSPS) is 9.73. The van der Waals surface area contributed by atoms with Gasteiger partial charge in [-0.15, -0.1) is 0 Å². The molecule has 5 heteroatoms. The second kappa shape index (κ2) is 4.54. The summed E-state index contributed by atoms with van der Waals surface area (Å²) in [5.41, 5.74) is 0.362. The van der Waals surface area contributed by atoms with E-state index in [0.29, 0.717) is 5.56 Å². The smallest absolute Gasteiger partial charge is 0.345 e. The van der Waals surface area contributed by atoms with E-state index in [-0.39, 0.29) is 17.9 Å². The Balaban J connectivity index is 3.24. The van der Waals surface area contributed by atoms with Crippen LogP contribution < -0.4 is 0 Å². The number of esters is 1. The molecule has 0 bridgehead atoms. The zero-order valence-electron chi connectivity index (χ0n) is 8.52. The summed E-state index contributed by atoms with van der Waals surface area (Å²) in [6.07, 6.45) is 0. The van der Waals surface area contributed by atoms with Gasteiger partial charge < -0.3 is 4.74 Å². The molecule has 80 valence electrons. The number of nitrogens with zero attached hydrogens (tertiary/aromatic N) is 1. The second-order valence-corrected chi connectivity index (χ2v) is 2.95. The van der Waals surface area contributed by atoms with Crippen LogP contribution in [0.2, 0.25) is 0 Å². The minimum Gasteiger partial charge on any atom is -0.462 e. The number of nitro groups is 1. The van der Waals surface area contributed by atoms with Gasteiger partial charge in [0.2, 0.25) is 0 Å². The van der Waals surface area contributed by atoms with E-state index in [4.69, 9.17) is 4.74 Å². The summed E-state index contributed by atoms with van der Waals surface area (Å²) in [5, 5.41) is 10.7. The highest BCUT2D eigenvalue weighted by Crippen LogP contribution is 2.22. The number of carbonyl (C=O) groups is 1. The van der Waals surface area contributed by atoms with Crippen LogP contribution in [0.25, 0.3) is 0 Å². The van der Waals surface area contributed by atoms with Gasteiger partial charge in [-0.05, 0) is 19.4 Å². The van der Waals surface area contributed by atoms with Gasteiger partial charge in [0.05, 0.1) is 11.5 Å². The molecular formula is C10H11NO4. The molecule has 1 rings (SSSR count). The van der Waals surface area contributed by atoms with E-state index < -0.39 is 10.9 Å². The molecule has 0 spiro atoms. The minimum atomic E-state index is -0.651. The Labute approximate surface area is 86.8 Å². The van der Waals surface area contributed by atoms with Crippen molar-refractivity contribution < 1.29 is 14.5 Å². The van der Waals surface area contributed by atoms with Crippen molar-refractivity contribution in [3.8, 4) is 0 Å². The maximum atomic E-state index is 11.5. The van der Waals surface area contributed by atoms with Crippen molar-refractivity contribution in [1.29, 1.82) is 0 Å². The monoisotopic (exact) mass is 209 g/mol. The molecule has 0 aliphatic carbocycles. The van der Waals surface area contributed by atoms with Crippen LogP contribution in [0.4, 0.5) is 5.69 Å². The van der Waals surface area contributed by atoms with Crippen LogP contribution in [0.3, 0.4) is 0 Å². The molecule has 0 saturated carbocycles. The molecule has 15 heavy (non-hydrogen) atoms. The Morgan fingerprint density at radius 2 is 2.20 bits per heavy atom. The maximum Gasteiger partial charge on any atom is 0.345 e. The standard InChI is InChI=1S/C10H11NO4/c1-3-15-10(12)9-7(2)5-4-6-8(9)11(13)14/h4-6H,3H2,1-2H3. The third-order valence-electron chi connectivity index (χ3n) is 1.93. The van der Waals surface area contributed by atoms with Crippen LogP contribution in [0, 0.1) is 17.0 Å².